The number of rotatable bonds is 2. The number of benzene rings is 2. The summed E-state index contributed by atoms with van der Waals surface area (Å²) in [5.41, 5.74) is 4.79. The highest BCUT2D eigenvalue weighted by atomic mass is 16.5. The molecule has 2 aliphatic rings. The third-order valence-corrected chi connectivity index (χ3v) is 5.64. The molecule has 0 unspecified atom stereocenters. The normalized spacial score (nSPS) is 16.6. The van der Waals surface area contributed by atoms with Crippen LogP contribution in [-0.2, 0) is 18.6 Å². The fourth-order valence-corrected chi connectivity index (χ4v) is 4.52. The number of amides is 1. The van der Waals surface area contributed by atoms with E-state index in [-0.39, 0.29) is 35.4 Å². The lowest BCUT2D eigenvalue weighted by Gasteiger charge is -2.38. The van der Waals surface area contributed by atoms with Crippen LogP contribution in [0.5, 0.6) is 17.2 Å². The smallest absolute Gasteiger partial charge is 0.256 e. The van der Waals surface area contributed by atoms with Crippen LogP contribution in [0, 0.1) is 0 Å². The molecule has 0 aromatic heterocycles. The first-order valence-corrected chi connectivity index (χ1v) is 9.09. The van der Waals surface area contributed by atoms with Crippen molar-refractivity contribution in [3.05, 3.63) is 57.2 Å². The number of phenols is 3. The highest BCUT2D eigenvalue weighted by Gasteiger charge is 2.50. The number of primary amides is 1. The molecule has 0 atom stereocenters. The quantitative estimate of drug-likeness (QED) is 0.386. The van der Waals surface area contributed by atoms with Gasteiger partial charge in [-0.15, -0.1) is 0 Å². The van der Waals surface area contributed by atoms with Crippen molar-refractivity contribution < 1.29 is 35.1 Å². The van der Waals surface area contributed by atoms with E-state index in [0.717, 1.165) is 0 Å². The molecule has 0 radical (unpaired) electrons. The Balaban J connectivity index is 2.05. The zero-order valence-corrected chi connectivity index (χ0v) is 16.2. The van der Waals surface area contributed by atoms with Crippen molar-refractivity contribution in [3.63, 3.8) is 0 Å². The molecule has 0 heterocycles. The van der Waals surface area contributed by atoms with Crippen molar-refractivity contribution >= 4 is 17.4 Å². The van der Waals surface area contributed by atoms with Crippen LogP contribution in [0.2, 0.25) is 0 Å². The van der Waals surface area contributed by atoms with Gasteiger partial charge in [0.15, 0.2) is 11.5 Å². The Morgan fingerprint density at radius 1 is 1.10 bits per heavy atom. The summed E-state index contributed by atoms with van der Waals surface area (Å²) in [6.07, 6.45) is 0.154. The Morgan fingerprint density at radius 2 is 1.77 bits per heavy atom. The summed E-state index contributed by atoms with van der Waals surface area (Å²) in [6.45, 7) is 0. The second-order valence-electron chi connectivity index (χ2n) is 7.68. The minimum atomic E-state index is -2.98. The van der Waals surface area contributed by atoms with E-state index in [0.29, 0.717) is 11.1 Å². The molecule has 0 aliphatic heterocycles. The summed E-state index contributed by atoms with van der Waals surface area (Å²) >= 11 is 0. The van der Waals surface area contributed by atoms with E-state index in [2.05, 4.69) is 0 Å². The topological polar surface area (TPSA) is 165 Å². The number of nitrogens with zero attached hydrogens (tertiary/aromatic N) is 1. The highest BCUT2D eigenvalue weighted by Crippen LogP contribution is 2.53. The molecule has 30 heavy (non-hydrogen) atoms. The van der Waals surface area contributed by atoms with Crippen LogP contribution in [0.15, 0.2) is 29.3 Å². The van der Waals surface area contributed by atoms with Crippen LogP contribution in [-0.4, -0.2) is 51.3 Å². The molecule has 0 saturated heterocycles. The summed E-state index contributed by atoms with van der Waals surface area (Å²) in [4.78, 5) is 26.5. The van der Waals surface area contributed by atoms with Crippen LogP contribution in [0.25, 0.3) is 0 Å². The summed E-state index contributed by atoms with van der Waals surface area (Å²) in [5.74, 6) is -6.75. The molecule has 7 N–H and O–H groups in total. The van der Waals surface area contributed by atoms with Gasteiger partial charge in [0, 0.05) is 14.1 Å². The molecule has 156 valence electrons. The van der Waals surface area contributed by atoms with Crippen LogP contribution in [0.3, 0.4) is 0 Å². The van der Waals surface area contributed by atoms with Crippen LogP contribution >= 0.6 is 0 Å². The average molecular weight is 412 g/mol. The Labute approximate surface area is 170 Å². The third-order valence-electron chi connectivity index (χ3n) is 5.64. The van der Waals surface area contributed by atoms with E-state index >= 15 is 0 Å². The van der Waals surface area contributed by atoms with Crippen molar-refractivity contribution in [2.45, 2.75) is 18.6 Å². The van der Waals surface area contributed by atoms with E-state index in [4.69, 9.17) is 5.73 Å². The lowest BCUT2D eigenvalue weighted by Crippen LogP contribution is -2.40. The largest absolute Gasteiger partial charge is 0.507 e. The summed E-state index contributed by atoms with van der Waals surface area (Å²) < 4.78 is 0. The number of carbonyl (C=O) groups excluding carboxylic acids is 2. The number of nitrogens with two attached hydrogens (primary N) is 1. The number of Topliss-reactive ketones (excluding diaryl/α,β-unsaturated/α-hetero) is 1. The summed E-state index contributed by atoms with van der Waals surface area (Å²) in [7, 11) is 3.13. The second-order valence-corrected chi connectivity index (χ2v) is 7.68. The van der Waals surface area contributed by atoms with Gasteiger partial charge >= 0.3 is 0 Å². The van der Waals surface area contributed by atoms with Gasteiger partial charge in [-0.2, -0.15) is 0 Å². The Kier molecular flexibility index (Phi) is 4.09. The monoisotopic (exact) mass is 412 g/mol. The lowest BCUT2D eigenvalue weighted by atomic mass is 9.71. The second kappa shape index (κ2) is 6.22. The minimum Gasteiger partial charge on any atom is -0.507 e. The van der Waals surface area contributed by atoms with Gasteiger partial charge in [-0.05, 0) is 35.6 Å². The SMILES string of the molecule is CN(C)c1c(O)c(C(N)=O)c(O)c2c1CC1=C(C(=O)c3c(O)cccc3C1)C2(O)O. The molecule has 0 spiro atoms. The third kappa shape index (κ3) is 2.42. The van der Waals surface area contributed by atoms with Crippen LogP contribution in [0.1, 0.15) is 37.4 Å². The highest BCUT2D eigenvalue weighted by molar-refractivity contribution is 6.15. The first-order chi connectivity index (χ1) is 14.0. The van der Waals surface area contributed by atoms with Crippen molar-refractivity contribution in [2.75, 3.05) is 19.0 Å². The fourth-order valence-electron chi connectivity index (χ4n) is 4.52. The zero-order chi connectivity index (χ0) is 22.1. The Hall–Kier alpha value is -3.56. The number of allylic oxidation sites excluding steroid dienone is 1. The van der Waals surface area contributed by atoms with Gasteiger partial charge in [0.25, 0.3) is 5.91 Å². The zero-order valence-electron chi connectivity index (χ0n) is 16.2. The molecule has 9 nitrogen and oxygen atoms in total. The number of fused-ring (bicyclic) bond motifs is 2. The van der Waals surface area contributed by atoms with Crippen molar-refractivity contribution in [2.24, 2.45) is 5.73 Å². The van der Waals surface area contributed by atoms with E-state index < -0.39 is 45.7 Å². The lowest BCUT2D eigenvalue weighted by molar-refractivity contribution is -0.136. The van der Waals surface area contributed by atoms with Gasteiger partial charge < -0.3 is 36.2 Å². The first kappa shape index (κ1) is 19.7. The van der Waals surface area contributed by atoms with Gasteiger partial charge in [-0.1, -0.05) is 12.1 Å². The van der Waals surface area contributed by atoms with Gasteiger partial charge in [0.05, 0.1) is 22.4 Å². The molecule has 0 fully saturated rings. The van der Waals surface area contributed by atoms with Crippen LogP contribution < -0.4 is 10.6 Å². The van der Waals surface area contributed by atoms with Gasteiger partial charge in [-0.25, -0.2) is 0 Å². The maximum Gasteiger partial charge on any atom is 0.256 e. The predicted molar refractivity (Wildman–Crippen MR) is 106 cm³/mol. The number of aliphatic hydroxyl groups is 2. The van der Waals surface area contributed by atoms with Crippen molar-refractivity contribution in [1.82, 2.24) is 0 Å². The van der Waals surface area contributed by atoms with E-state index in [1.807, 2.05) is 0 Å². The summed E-state index contributed by atoms with van der Waals surface area (Å²) in [6, 6.07) is 4.55. The molecule has 9 heteroatoms. The number of carbonyl (C=O) groups is 2. The predicted octanol–water partition coefficient (Wildman–Crippen LogP) is 0.397. The molecule has 0 bridgehead atoms. The Morgan fingerprint density at radius 3 is 2.37 bits per heavy atom. The molecule has 4 rings (SSSR count). The maximum atomic E-state index is 13.1. The first-order valence-electron chi connectivity index (χ1n) is 9.09. The van der Waals surface area contributed by atoms with E-state index in [1.54, 1.807) is 26.2 Å². The molecule has 2 aliphatic carbocycles. The molecular formula is C21H20N2O7. The number of ketones is 1. The average Bonchev–Trinajstić information content (AvgIpc) is 2.59. The fraction of sp³-hybridized carbons (Fsp3) is 0.238. The Bertz CT molecular complexity index is 1180. The maximum absolute atomic E-state index is 13.1. The number of aromatic hydroxyl groups is 3. The van der Waals surface area contributed by atoms with Gasteiger partial charge in [0.1, 0.15) is 17.1 Å². The van der Waals surface area contributed by atoms with Crippen molar-refractivity contribution in [3.8, 4) is 17.2 Å². The molecule has 2 aromatic rings. The van der Waals surface area contributed by atoms with Crippen molar-refractivity contribution in [1.29, 1.82) is 0 Å². The number of anilines is 1. The molecule has 1 amide bonds. The molecule has 0 saturated carbocycles. The number of phenolic OH excluding ortho intramolecular Hbond substituents is 1. The molecule has 2 aromatic carbocycles. The summed E-state index contributed by atoms with van der Waals surface area (Å²) in [5, 5.41) is 53.6. The van der Waals surface area contributed by atoms with Gasteiger partial charge in [0.2, 0.25) is 5.79 Å². The molecular weight excluding hydrogens is 392 g/mol. The number of hydrogen-bond acceptors (Lipinski definition) is 8. The van der Waals surface area contributed by atoms with Gasteiger partial charge in [-0.3, -0.25) is 9.59 Å². The van der Waals surface area contributed by atoms with E-state index in [1.165, 1.54) is 11.0 Å². The van der Waals surface area contributed by atoms with E-state index in [9.17, 15) is 35.1 Å². The minimum absolute atomic E-state index is 0.00203. The number of hydrogen-bond donors (Lipinski definition) is 6. The standard InChI is InChI=1S/C21H20N2O7/c1-23(2)16-10-7-9-6-8-4-3-5-11(24)12(8)17(25)14(9)21(29,30)15(10)18(26)13(19(16)27)20(22)28/h3-5,24,26-27,29-30H,6-7H2,1-2H3,(H2,22,28). The van der Waals surface area contributed by atoms with Crippen LogP contribution in [0.4, 0.5) is 5.69 Å².